The van der Waals surface area contributed by atoms with E-state index in [0.29, 0.717) is 11.6 Å². The molecule has 1 N–H and O–H groups in total. The molecule has 8 nitrogen and oxygen atoms in total. The van der Waals surface area contributed by atoms with Gasteiger partial charge in [0.25, 0.3) is 5.54 Å². The standard InChI is InChI=1S/C25H25N7O/c1-25(2,26-3)19-6-4-18(5-7-19)22-16-27-17-23-29-24(30-32(22)23)28-20-8-10-21(11-9-20)31-12-14-33-15-13-31/h4-11,16-17H,12-15H2,1-2H3,(H,28,30). The second-order valence-electron chi connectivity index (χ2n) is 8.52. The van der Waals surface area contributed by atoms with E-state index < -0.39 is 5.54 Å². The molecule has 1 aliphatic heterocycles. The van der Waals surface area contributed by atoms with Crippen LogP contribution >= 0.6 is 0 Å². The van der Waals surface area contributed by atoms with Gasteiger partial charge in [-0.3, -0.25) is 4.98 Å². The van der Waals surface area contributed by atoms with Crippen LogP contribution in [0.4, 0.5) is 17.3 Å². The van der Waals surface area contributed by atoms with Gasteiger partial charge in [0, 0.05) is 49.4 Å². The van der Waals surface area contributed by atoms with Crippen LogP contribution in [0.25, 0.3) is 21.7 Å². The minimum absolute atomic E-state index is 0.508. The maximum Gasteiger partial charge on any atom is 0.252 e. The van der Waals surface area contributed by atoms with Crippen molar-refractivity contribution in [3.05, 3.63) is 77.9 Å². The topological polar surface area (TPSA) is 71.9 Å². The summed E-state index contributed by atoms with van der Waals surface area (Å²) in [5.74, 6) is 0.508. The molecule has 0 amide bonds. The molecule has 0 bridgehead atoms. The van der Waals surface area contributed by atoms with Crippen molar-refractivity contribution in [3.8, 4) is 11.3 Å². The van der Waals surface area contributed by atoms with Crippen LogP contribution in [0.3, 0.4) is 0 Å². The van der Waals surface area contributed by atoms with E-state index in [1.54, 1.807) is 16.9 Å². The number of nitrogens with one attached hydrogen (secondary N) is 1. The first kappa shape index (κ1) is 20.9. The second kappa shape index (κ2) is 8.52. The van der Waals surface area contributed by atoms with Gasteiger partial charge in [-0.15, -0.1) is 5.10 Å². The van der Waals surface area contributed by atoms with Crippen LogP contribution in [0.2, 0.25) is 0 Å². The molecule has 0 saturated carbocycles. The van der Waals surface area contributed by atoms with Gasteiger partial charge in [0.05, 0.1) is 31.3 Å². The summed E-state index contributed by atoms with van der Waals surface area (Å²) in [7, 11) is 0. The second-order valence-corrected chi connectivity index (χ2v) is 8.52. The number of hydrogen-bond acceptors (Lipinski definition) is 6. The molecule has 4 aromatic rings. The Labute approximate surface area is 192 Å². The number of nitrogens with zero attached hydrogens (tertiary/aromatic N) is 6. The van der Waals surface area contributed by atoms with E-state index >= 15 is 0 Å². The van der Waals surface area contributed by atoms with Crippen LogP contribution in [0.15, 0.2) is 60.9 Å². The maximum absolute atomic E-state index is 7.41. The van der Waals surface area contributed by atoms with E-state index in [1.165, 1.54) is 5.69 Å². The molecule has 0 atom stereocenters. The minimum atomic E-state index is -0.551. The summed E-state index contributed by atoms with van der Waals surface area (Å²) >= 11 is 0. The SMILES string of the molecule is [C-]#[N+]C(C)(C)c1ccc(-c2cncc3nc(Nc4ccc(N5CCOCC5)cc4)nn23)cc1. The lowest BCUT2D eigenvalue weighted by Crippen LogP contribution is -2.36. The highest BCUT2D eigenvalue weighted by molar-refractivity contribution is 5.65. The van der Waals surface area contributed by atoms with Crippen LogP contribution in [0, 0.1) is 6.57 Å². The lowest BCUT2D eigenvalue weighted by molar-refractivity contribution is 0.122. The first-order valence-electron chi connectivity index (χ1n) is 10.9. The van der Waals surface area contributed by atoms with E-state index in [9.17, 15) is 0 Å². The van der Waals surface area contributed by atoms with Crippen LogP contribution < -0.4 is 10.2 Å². The normalized spacial score (nSPS) is 14.3. The minimum Gasteiger partial charge on any atom is -0.378 e. The van der Waals surface area contributed by atoms with Crippen LogP contribution in [0.5, 0.6) is 0 Å². The molecular weight excluding hydrogens is 414 g/mol. The molecule has 166 valence electrons. The fourth-order valence-corrected chi connectivity index (χ4v) is 3.88. The number of ether oxygens (including phenoxy) is 1. The van der Waals surface area contributed by atoms with Gasteiger partial charge in [-0.2, -0.15) is 4.98 Å². The van der Waals surface area contributed by atoms with Crippen molar-refractivity contribution in [2.45, 2.75) is 19.4 Å². The van der Waals surface area contributed by atoms with Crippen LogP contribution in [-0.4, -0.2) is 45.9 Å². The summed E-state index contributed by atoms with van der Waals surface area (Å²) < 4.78 is 7.21. The third-order valence-electron chi connectivity index (χ3n) is 5.91. The first-order chi connectivity index (χ1) is 16.0. The van der Waals surface area contributed by atoms with E-state index in [2.05, 4.69) is 42.3 Å². The zero-order valence-electron chi connectivity index (χ0n) is 18.7. The molecule has 0 unspecified atom stereocenters. The third kappa shape index (κ3) is 4.23. The van der Waals surface area contributed by atoms with Crippen molar-refractivity contribution in [2.75, 3.05) is 36.5 Å². The molecule has 1 aliphatic rings. The molecule has 2 aromatic carbocycles. The van der Waals surface area contributed by atoms with Crippen molar-refractivity contribution in [1.29, 1.82) is 0 Å². The van der Waals surface area contributed by atoms with Crippen LogP contribution in [-0.2, 0) is 10.3 Å². The fraction of sp³-hybridized carbons (Fsp3) is 0.280. The largest absolute Gasteiger partial charge is 0.378 e. The number of anilines is 3. The number of aromatic nitrogens is 4. The van der Waals surface area contributed by atoms with Crippen molar-refractivity contribution in [2.24, 2.45) is 0 Å². The third-order valence-corrected chi connectivity index (χ3v) is 5.91. The molecule has 33 heavy (non-hydrogen) atoms. The van der Waals surface area contributed by atoms with Gasteiger partial charge in [-0.25, -0.2) is 11.1 Å². The number of benzene rings is 2. The Balaban J connectivity index is 1.38. The molecule has 0 radical (unpaired) electrons. The summed E-state index contributed by atoms with van der Waals surface area (Å²) in [5, 5.41) is 7.95. The molecule has 3 heterocycles. The average Bonchev–Trinajstić information content (AvgIpc) is 3.27. The summed E-state index contributed by atoms with van der Waals surface area (Å²) in [6.45, 7) is 14.6. The number of morpholine rings is 1. The van der Waals surface area contributed by atoms with Crippen molar-refractivity contribution in [3.63, 3.8) is 0 Å². The first-order valence-corrected chi connectivity index (χ1v) is 10.9. The quantitative estimate of drug-likeness (QED) is 0.461. The Bertz CT molecular complexity index is 1300. The highest BCUT2D eigenvalue weighted by atomic mass is 16.5. The Morgan fingerprint density at radius 1 is 1.00 bits per heavy atom. The smallest absolute Gasteiger partial charge is 0.252 e. The molecular formula is C25H25N7O. The highest BCUT2D eigenvalue weighted by Crippen LogP contribution is 2.28. The Hall–Kier alpha value is -3.96. The molecule has 1 saturated heterocycles. The lowest BCUT2D eigenvalue weighted by Gasteiger charge is -2.28. The van der Waals surface area contributed by atoms with Gasteiger partial charge >= 0.3 is 0 Å². The molecule has 0 spiro atoms. The van der Waals surface area contributed by atoms with Crippen molar-refractivity contribution < 1.29 is 4.74 Å². The van der Waals surface area contributed by atoms with E-state index in [4.69, 9.17) is 11.3 Å². The summed E-state index contributed by atoms with van der Waals surface area (Å²) in [6.07, 6.45) is 3.47. The van der Waals surface area contributed by atoms with Gasteiger partial charge < -0.3 is 19.8 Å². The highest BCUT2D eigenvalue weighted by Gasteiger charge is 2.25. The Kier molecular flexibility index (Phi) is 5.40. The van der Waals surface area contributed by atoms with Gasteiger partial charge in [0.1, 0.15) is 0 Å². The monoisotopic (exact) mass is 439 g/mol. The zero-order chi connectivity index (χ0) is 22.8. The van der Waals surface area contributed by atoms with Crippen molar-refractivity contribution >= 4 is 23.0 Å². The van der Waals surface area contributed by atoms with Crippen LogP contribution in [0.1, 0.15) is 19.4 Å². The number of fused-ring (bicyclic) bond motifs is 1. The molecule has 5 rings (SSSR count). The van der Waals surface area contributed by atoms with E-state index in [-0.39, 0.29) is 0 Å². The summed E-state index contributed by atoms with van der Waals surface area (Å²) in [4.78, 5) is 15.0. The summed E-state index contributed by atoms with van der Waals surface area (Å²) in [6, 6.07) is 16.2. The average molecular weight is 440 g/mol. The zero-order valence-corrected chi connectivity index (χ0v) is 18.7. The number of rotatable bonds is 5. The van der Waals surface area contributed by atoms with E-state index in [1.807, 2.05) is 50.2 Å². The Morgan fingerprint density at radius 2 is 1.73 bits per heavy atom. The Morgan fingerprint density at radius 3 is 2.42 bits per heavy atom. The molecule has 0 aliphatic carbocycles. The van der Waals surface area contributed by atoms with Crippen molar-refractivity contribution in [1.82, 2.24) is 19.6 Å². The van der Waals surface area contributed by atoms with E-state index in [0.717, 1.165) is 48.8 Å². The lowest BCUT2D eigenvalue weighted by atomic mass is 9.94. The number of hydrogen-bond donors (Lipinski definition) is 1. The predicted octanol–water partition coefficient (Wildman–Crippen LogP) is 4.53. The fourth-order valence-electron chi connectivity index (χ4n) is 3.88. The van der Waals surface area contributed by atoms with Gasteiger partial charge in [-0.1, -0.05) is 24.3 Å². The molecule has 8 heteroatoms. The predicted molar refractivity (Wildman–Crippen MR) is 129 cm³/mol. The molecule has 1 fully saturated rings. The summed E-state index contributed by atoms with van der Waals surface area (Å²) in [5.41, 5.74) is 4.98. The van der Waals surface area contributed by atoms with Gasteiger partial charge in [0.2, 0.25) is 5.95 Å². The molecule has 2 aromatic heterocycles. The maximum atomic E-state index is 7.41. The van der Waals surface area contributed by atoms with Gasteiger partial charge in [-0.05, 0) is 24.3 Å². The van der Waals surface area contributed by atoms with Gasteiger partial charge in [0.15, 0.2) is 5.65 Å².